The van der Waals surface area contributed by atoms with E-state index in [1.165, 1.54) is 0 Å². The molecule has 1 aromatic heterocycles. The van der Waals surface area contributed by atoms with E-state index in [4.69, 9.17) is 5.73 Å². The molecule has 0 amide bonds. The molecule has 2 aromatic rings. The van der Waals surface area contributed by atoms with Crippen LogP contribution in [-0.2, 0) is 11.2 Å². The number of para-hydroxylation sites is 1. The second kappa shape index (κ2) is 5.89. The van der Waals surface area contributed by atoms with Crippen LogP contribution in [0.15, 0.2) is 24.3 Å². The third kappa shape index (κ3) is 2.99. The SMILES string of the molecule is CC(C)CC(CN)(Cc1nc2ccccc2s1)C(=O)O. The number of aliphatic carboxylic acids is 1. The van der Waals surface area contributed by atoms with Crippen LogP contribution in [0.2, 0.25) is 0 Å². The van der Waals surface area contributed by atoms with Crippen LogP contribution in [0.5, 0.6) is 0 Å². The average molecular weight is 292 g/mol. The molecule has 0 radical (unpaired) electrons. The maximum Gasteiger partial charge on any atom is 0.311 e. The molecule has 1 aromatic carbocycles. The second-order valence-corrected chi connectivity index (χ2v) is 6.75. The number of carbonyl (C=O) groups is 1. The Bertz CT molecular complexity index is 576. The number of nitrogens with two attached hydrogens (primary N) is 1. The van der Waals surface area contributed by atoms with Gasteiger partial charge in [0.2, 0.25) is 0 Å². The van der Waals surface area contributed by atoms with Gasteiger partial charge in [-0.15, -0.1) is 11.3 Å². The lowest BCUT2D eigenvalue weighted by Gasteiger charge is -2.28. The van der Waals surface area contributed by atoms with Gasteiger partial charge in [-0.3, -0.25) is 4.79 Å². The monoisotopic (exact) mass is 292 g/mol. The lowest BCUT2D eigenvalue weighted by Crippen LogP contribution is -2.41. The highest BCUT2D eigenvalue weighted by atomic mass is 32.1. The summed E-state index contributed by atoms with van der Waals surface area (Å²) < 4.78 is 1.09. The number of hydrogen-bond donors (Lipinski definition) is 2. The fourth-order valence-corrected chi connectivity index (χ4v) is 3.66. The number of carboxylic acid groups (broad SMARTS) is 1. The topological polar surface area (TPSA) is 76.2 Å². The number of aromatic nitrogens is 1. The molecule has 4 nitrogen and oxygen atoms in total. The summed E-state index contributed by atoms with van der Waals surface area (Å²) in [5, 5.41) is 10.5. The number of thiazole rings is 1. The molecular formula is C15H20N2O2S. The quantitative estimate of drug-likeness (QED) is 0.858. The predicted molar refractivity (Wildman–Crippen MR) is 81.9 cm³/mol. The van der Waals surface area contributed by atoms with Crippen LogP contribution in [0.4, 0.5) is 0 Å². The van der Waals surface area contributed by atoms with Gasteiger partial charge in [0, 0.05) is 13.0 Å². The van der Waals surface area contributed by atoms with Crippen LogP contribution in [0.3, 0.4) is 0 Å². The maximum absolute atomic E-state index is 11.7. The van der Waals surface area contributed by atoms with E-state index < -0.39 is 11.4 Å². The Morgan fingerprint density at radius 1 is 1.45 bits per heavy atom. The Kier molecular flexibility index (Phi) is 4.40. The van der Waals surface area contributed by atoms with E-state index in [0.717, 1.165) is 15.2 Å². The van der Waals surface area contributed by atoms with Crippen molar-refractivity contribution in [2.24, 2.45) is 17.1 Å². The lowest BCUT2D eigenvalue weighted by molar-refractivity contribution is -0.149. The van der Waals surface area contributed by atoms with Crippen molar-refractivity contribution in [3.05, 3.63) is 29.3 Å². The van der Waals surface area contributed by atoms with E-state index in [1.807, 2.05) is 38.1 Å². The first-order chi connectivity index (χ1) is 9.47. The molecule has 0 aliphatic heterocycles. The molecule has 5 heteroatoms. The van der Waals surface area contributed by atoms with Crippen LogP contribution in [0, 0.1) is 11.3 Å². The van der Waals surface area contributed by atoms with Crippen molar-refractivity contribution in [2.45, 2.75) is 26.7 Å². The number of nitrogens with zero attached hydrogens (tertiary/aromatic N) is 1. The Balaban J connectivity index is 2.33. The third-order valence-electron chi connectivity index (χ3n) is 3.47. The van der Waals surface area contributed by atoms with Gasteiger partial charge >= 0.3 is 5.97 Å². The minimum absolute atomic E-state index is 0.135. The van der Waals surface area contributed by atoms with Crippen LogP contribution < -0.4 is 5.73 Å². The third-order valence-corrected chi connectivity index (χ3v) is 4.51. The summed E-state index contributed by atoms with van der Waals surface area (Å²) >= 11 is 1.55. The van der Waals surface area contributed by atoms with Gasteiger partial charge in [0.25, 0.3) is 0 Å². The zero-order chi connectivity index (χ0) is 14.8. The molecule has 108 valence electrons. The fourth-order valence-electron chi connectivity index (χ4n) is 2.54. The molecular weight excluding hydrogens is 272 g/mol. The van der Waals surface area contributed by atoms with Gasteiger partial charge in [-0.25, -0.2) is 4.98 Å². The van der Waals surface area contributed by atoms with Crippen LogP contribution in [0.25, 0.3) is 10.2 Å². The van der Waals surface area contributed by atoms with E-state index in [1.54, 1.807) is 11.3 Å². The summed E-state index contributed by atoms with van der Waals surface area (Å²) in [6.45, 7) is 4.17. The molecule has 1 atom stereocenters. The number of rotatable bonds is 6. The Morgan fingerprint density at radius 3 is 2.70 bits per heavy atom. The first-order valence-corrected chi connectivity index (χ1v) is 7.56. The highest BCUT2D eigenvalue weighted by Gasteiger charge is 2.38. The molecule has 20 heavy (non-hydrogen) atoms. The summed E-state index contributed by atoms with van der Waals surface area (Å²) in [4.78, 5) is 16.2. The van der Waals surface area contributed by atoms with Crippen molar-refractivity contribution >= 4 is 27.5 Å². The second-order valence-electron chi connectivity index (χ2n) is 5.64. The largest absolute Gasteiger partial charge is 0.481 e. The van der Waals surface area contributed by atoms with Gasteiger partial charge in [0.15, 0.2) is 0 Å². The van der Waals surface area contributed by atoms with Crippen molar-refractivity contribution in [1.82, 2.24) is 4.98 Å². The molecule has 0 spiro atoms. The van der Waals surface area contributed by atoms with Crippen LogP contribution >= 0.6 is 11.3 Å². The molecule has 0 fully saturated rings. The maximum atomic E-state index is 11.7. The van der Waals surface area contributed by atoms with Crippen molar-refractivity contribution in [3.8, 4) is 0 Å². The predicted octanol–water partition coefficient (Wildman–Crippen LogP) is 2.91. The molecule has 0 aliphatic rings. The Labute approximate surface area is 122 Å². The summed E-state index contributed by atoms with van der Waals surface area (Å²) in [5.41, 5.74) is 5.80. The number of fused-ring (bicyclic) bond motifs is 1. The molecule has 1 heterocycles. The van der Waals surface area contributed by atoms with E-state index in [2.05, 4.69) is 4.98 Å². The molecule has 0 bridgehead atoms. The lowest BCUT2D eigenvalue weighted by atomic mass is 9.77. The summed E-state index contributed by atoms with van der Waals surface area (Å²) in [5.74, 6) is -0.544. The highest BCUT2D eigenvalue weighted by Crippen LogP contribution is 2.33. The molecule has 2 rings (SSSR count). The van der Waals surface area contributed by atoms with Gasteiger partial charge in [0.1, 0.15) is 0 Å². The molecule has 1 unspecified atom stereocenters. The van der Waals surface area contributed by atoms with E-state index >= 15 is 0 Å². The van der Waals surface area contributed by atoms with Crippen molar-refractivity contribution in [2.75, 3.05) is 6.54 Å². The van der Waals surface area contributed by atoms with Gasteiger partial charge in [-0.05, 0) is 24.5 Å². The number of hydrogen-bond acceptors (Lipinski definition) is 4. The smallest absolute Gasteiger partial charge is 0.311 e. The zero-order valence-electron chi connectivity index (χ0n) is 11.8. The standard InChI is InChI=1S/C15H20N2O2S/c1-10(2)7-15(9-16,14(18)19)8-13-17-11-5-3-4-6-12(11)20-13/h3-6,10H,7-9,16H2,1-2H3,(H,18,19). The normalized spacial score (nSPS) is 14.6. The Morgan fingerprint density at radius 2 is 2.15 bits per heavy atom. The van der Waals surface area contributed by atoms with Crippen LogP contribution in [-0.4, -0.2) is 22.6 Å². The van der Waals surface area contributed by atoms with Crippen molar-refractivity contribution in [1.29, 1.82) is 0 Å². The zero-order valence-corrected chi connectivity index (χ0v) is 12.6. The highest BCUT2D eigenvalue weighted by molar-refractivity contribution is 7.18. The minimum Gasteiger partial charge on any atom is -0.481 e. The molecule has 3 N–H and O–H groups in total. The van der Waals surface area contributed by atoms with E-state index in [-0.39, 0.29) is 12.5 Å². The molecule has 0 saturated heterocycles. The van der Waals surface area contributed by atoms with E-state index in [9.17, 15) is 9.90 Å². The number of benzene rings is 1. The first kappa shape index (κ1) is 14.9. The number of carboxylic acids is 1. The Hall–Kier alpha value is -1.46. The summed E-state index contributed by atoms with van der Waals surface area (Å²) in [6.07, 6.45) is 0.963. The van der Waals surface area contributed by atoms with Gasteiger partial charge < -0.3 is 10.8 Å². The van der Waals surface area contributed by atoms with E-state index in [0.29, 0.717) is 12.8 Å². The average Bonchev–Trinajstić information content (AvgIpc) is 2.78. The van der Waals surface area contributed by atoms with Crippen molar-refractivity contribution in [3.63, 3.8) is 0 Å². The molecule has 0 aliphatic carbocycles. The fraction of sp³-hybridized carbons (Fsp3) is 0.467. The van der Waals surface area contributed by atoms with Gasteiger partial charge in [0.05, 0.1) is 20.6 Å². The minimum atomic E-state index is -0.915. The summed E-state index contributed by atoms with van der Waals surface area (Å²) in [7, 11) is 0. The first-order valence-electron chi connectivity index (χ1n) is 6.75. The van der Waals surface area contributed by atoms with Crippen molar-refractivity contribution < 1.29 is 9.90 Å². The molecule has 0 saturated carbocycles. The van der Waals surface area contributed by atoms with Gasteiger partial charge in [-0.1, -0.05) is 26.0 Å². The van der Waals surface area contributed by atoms with Crippen LogP contribution in [0.1, 0.15) is 25.3 Å². The summed E-state index contributed by atoms with van der Waals surface area (Å²) in [6, 6.07) is 7.85. The van der Waals surface area contributed by atoms with Gasteiger partial charge in [-0.2, -0.15) is 0 Å².